The number of fused-ring (bicyclic) bond motifs is 1. The number of nitrogens with zero attached hydrogens (tertiary/aromatic N) is 1. The van der Waals surface area contributed by atoms with Crippen LogP contribution >= 0.6 is 23.6 Å². The summed E-state index contributed by atoms with van der Waals surface area (Å²) in [5.74, 6) is 0. The Hall–Kier alpha value is -1.78. The van der Waals surface area contributed by atoms with E-state index in [1.54, 1.807) is 4.57 Å². The molecule has 1 aromatic heterocycles. The summed E-state index contributed by atoms with van der Waals surface area (Å²) < 4.78 is 3.09. The Bertz CT molecular complexity index is 818. The van der Waals surface area contributed by atoms with Gasteiger partial charge in [0, 0.05) is 4.70 Å². The second-order valence-electron chi connectivity index (χ2n) is 3.84. The van der Waals surface area contributed by atoms with Gasteiger partial charge in [0.2, 0.25) is 0 Å². The average molecular weight is 271 g/mol. The Morgan fingerprint density at radius 3 is 2.39 bits per heavy atom. The molecule has 2 nitrogen and oxygen atoms in total. The molecule has 0 unspecified atom stereocenters. The van der Waals surface area contributed by atoms with E-state index in [-0.39, 0.29) is 5.56 Å². The fraction of sp³-hybridized carbons (Fsp3) is 0. The van der Waals surface area contributed by atoms with E-state index in [2.05, 4.69) is 0 Å². The maximum Gasteiger partial charge on any atom is 0.265 e. The van der Waals surface area contributed by atoms with E-state index in [9.17, 15) is 4.79 Å². The summed E-state index contributed by atoms with van der Waals surface area (Å²) in [5.41, 5.74) is 0.759. The van der Waals surface area contributed by atoms with Gasteiger partial charge in [-0.2, -0.15) is 0 Å². The van der Waals surface area contributed by atoms with E-state index in [4.69, 9.17) is 12.2 Å². The van der Waals surface area contributed by atoms with Crippen LogP contribution in [-0.4, -0.2) is 4.57 Å². The molecule has 2 aromatic carbocycles. The Balaban J connectivity index is 2.45. The van der Waals surface area contributed by atoms with Gasteiger partial charge in [0.05, 0.1) is 11.1 Å². The lowest BCUT2D eigenvalue weighted by Crippen LogP contribution is -2.17. The van der Waals surface area contributed by atoms with Crippen molar-refractivity contribution >= 4 is 33.6 Å². The summed E-state index contributed by atoms with van der Waals surface area (Å²) >= 11 is 6.79. The lowest BCUT2D eigenvalue weighted by molar-refractivity contribution is 1.01. The molecule has 0 aliphatic rings. The van der Waals surface area contributed by atoms with E-state index in [0.717, 1.165) is 10.4 Å². The number of hydrogen-bond donors (Lipinski definition) is 0. The molecule has 0 N–H and O–H groups in total. The fourth-order valence-corrected chi connectivity index (χ4v) is 3.21. The molecule has 0 spiro atoms. The summed E-state index contributed by atoms with van der Waals surface area (Å²) in [5, 5.41) is 0.708. The van der Waals surface area contributed by atoms with Crippen molar-refractivity contribution in [1.82, 2.24) is 4.57 Å². The molecule has 0 saturated carbocycles. The largest absolute Gasteiger partial charge is 0.268 e. The second kappa shape index (κ2) is 4.48. The Morgan fingerprint density at radius 1 is 0.944 bits per heavy atom. The molecule has 0 fully saturated rings. The molecule has 3 rings (SSSR count). The molecule has 18 heavy (non-hydrogen) atoms. The third-order valence-electron chi connectivity index (χ3n) is 2.71. The minimum atomic E-state index is -0.0550. The second-order valence-corrected chi connectivity index (χ2v) is 5.52. The fourth-order valence-electron chi connectivity index (χ4n) is 1.88. The van der Waals surface area contributed by atoms with Gasteiger partial charge in [-0.05, 0) is 36.5 Å². The summed E-state index contributed by atoms with van der Waals surface area (Å²) in [4.78, 5) is 12.5. The standard InChI is InChI=1S/C14H9NOS2/c16-13-11-8-4-5-9-12(11)18-14(17)15(13)10-6-2-1-3-7-10/h1-9H. The highest BCUT2D eigenvalue weighted by Gasteiger charge is 2.06. The minimum absolute atomic E-state index is 0.0550. The van der Waals surface area contributed by atoms with E-state index in [1.807, 2.05) is 54.6 Å². The molecule has 0 atom stereocenters. The highest BCUT2D eigenvalue weighted by atomic mass is 32.1. The molecular weight excluding hydrogens is 262 g/mol. The monoisotopic (exact) mass is 271 g/mol. The molecule has 0 bridgehead atoms. The van der Waals surface area contributed by atoms with E-state index in [1.165, 1.54) is 11.3 Å². The van der Waals surface area contributed by atoms with Gasteiger partial charge >= 0.3 is 0 Å². The first-order chi connectivity index (χ1) is 8.77. The number of para-hydroxylation sites is 1. The first kappa shape index (κ1) is 11.3. The van der Waals surface area contributed by atoms with Crippen LogP contribution in [0.3, 0.4) is 0 Å². The third-order valence-corrected chi connectivity index (χ3v) is 4.08. The number of aromatic nitrogens is 1. The SMILES string of the molecule is O=c1c2ccccc2sc(=S)n1-c1ccccc1. The van der Waals surface area contributed by atoms with E-state index in [0.29, 0.717) is 9.34 Å². The summed E-state index contributed by atoms with van der Waals surface area (Å²) in [6.45, 7) is 0. The Morgan fingerprint density at radius 2 is 1.61 bits per heavy atom. The molecule has 4 heteroatoms. The van der Waals surface area contributed by atoms with E-state index >= 15 is 0 Å². The molecule has 0 radical (unpaired) electrons. The zero-order valence-corrected chi connectivity index (χ0v) is 11.0. The summed E-state index contributed by atoms with van der Waals surface area (Å²) in [7, 11) is 0. The lowest BCUT2D eigenvalue weighted by Gasteiger charge is -2.06. The molecule has 3 aromatic rings. The van der Waals surface area contributed by atoms with Crippen LogP contribution in [0.4, 0.5) is 0 Å². The predicted octanol–water partition coefficient (Wildman–Crippen LogP) is 3.78. The van der Waals surface area contributed by atoms with Crippen LogP contribution in [0.5, 0.6) is 0 Å². The zero-order chi connectivity index (χ0) is 12.5. The van der Waals surface area contributed by atoms with Crippen molar-refractivity contribution in [1.29, 1.82) is 0 Å². The Kier molecular flexibility index (Phi) is 2.81. The van der Waals surface area contributed by atoms with E-state index < -0.39 is 0 Å². The normalized spacial score (nSPS) is 10.7. The first-order valence-corrected chi connectivity index (χ1v) is 6.70. The van der Waals surface area contributed by atoms with Crippen molar-refractivity contribution in [2.75, 3.05) is 0 Å². The predicted molar refractivity (Wildman–Crippen MR) is 78.3 cm³/mol. The van der Waals surface area contributed by atoms with Crippen LogP contribution in [0.25, 0.3) is 15.8 Å². The van der Waals surface area contributed by atoms with Crippen molar-refractivity contribution in [2.45, 2.75) is 0 Å². The zero-order valence-electron chi connectivity index (χ0n) is 9.37. The Labute approximate surface area is 113 Å². The van der Waals surface area contributed by atoms with Crippen LogP contribution in [0.15, 0.2) is 59.4 Å². The quantitative estimate of drug-likeness (QED) is 0.628. The van der Waals surface area contributed by atoms with Gasteiger partial charge in [-0.25, -0.2) is 0 Å². The molecule has 0 saturated heterocycles. The van der Waals surface area contributed by atoms with Gasteiger partial charge in [-0.1, -0.05) is 30.3 Å². The molecular formula is C14H9NOS2. The van der Waals surface area contributed by atoms with Crippen molar-refractivity contribution < 1.29 is 0 Å². The van der Waals surface area contributed by atoms with Crippen LogP contribution in [0.1, 0.15) is 0 Å². The van der Waals surface area contributed by atoms with Gasteiger partial charge < -0.3 is 0 Å². The molecule has 88 valence electrons. The van der Waals surface area contributed by atoms with Gasteiger partial charge in [0.1, 0.15) is 0 Å². The van der Waals surface area contributed by atoms with Crippen LogP contribution in [0, 0.1) is 3.95 Å². The smallest absolute Gasteiger partial charge is 0.265 e. The molecule has 0 amide bonds. The maximum absolute atomic E-state index is 12.5. The first-order valence-electron chi connectivity index (χ1n) is 5.48. The molecule has 0 aliphatic carbocycles. The average Bonchev–Trinajstić information content (AvgIpc) is 2.40. The van der Waals surface area contributed by atoms with Crippen molar-refractivity contribution in [2.24, 2.45) is 0 Å². The van der Waals surface area contributed by atoms with Crippen LogP contribution in [0.2, 0.25) is 0 Å². The number of benzene rings is 2. The number of rotatable bonds is 1. The van der Waals surface area contributed by atoms with Gasteiger partial charge in [-0.3, -0.25) is 9.36 Å². The maximum atomic E-state index is 12.5. The summed E-state index contributed by atoms with van der Waals surface area (Å²) in [6, 6.07) is 17.0. The number of hydrogen-bond acceptors (Lipinski definition) is 3. The lowest BCUT2D eigenvalue weighted by atomic mass is 10.2. The van der Waals surface area contributed by atoms with Crippen LogP contribution in [-0.2, 0) is 0 Å². The topological polar surface area (TPSA) is 22.0 Å². The molecule has 1 heterocycles. The van der Waals surface area contributed by atoms with Gasteiger partial charge in [-0.15, -0.1) is 11.3 Å². The van der Waals surface area contributed by atoms with Gasteiger partial charge in [0.25, 0.3) is 5.56 Å². The van der Waals surface area contributed by atoms with Crippen molar-refractivity contribution in [3.8, 4) is 5.69 Å². The highest BCUT2D eigenvalue weighted by molar-refractivity contribution is 7.73. The third kappa shape index (κ3) is 1.79. The van der Waals surface area contributed by atoms with Crippen molar-refractivity contribution in [3.63, 3.8) is 0 Å². The van der Waals surface area contributed by atoms with Crippen LogP contribution < -0.4 is 5.56 Å². The highest BCUT2D eigenvalue weighted by Crippen LogP contribution is 2.18. The van der Waals surface area contributed by atoms with Crippen molar-refractivity contribution in [3.05, 3.63) is 68.9 Å². The minimum Gasteiger partial charge on any atom is -0.268 e. The van der Waals surface area contributed by atoms with Gasteiger partial charge in [0.15, 0.2) is 3.95 Å². The summed E-state index contributed by atoms with van der Waals surface area (Å²) in [6.07, 6.45) is 0. The molecule has 0 aliphatic heterocycles.